The molecule has 1 fully saturated rings. The summed E-state index contributed by atoms with van der Waals surface area (Å²) >= 11 is 0. The van der Waals surface area contributed by atoms with Crippen LogP contribution in [0, 0.1) is 5.92 Å². The zero-order valence-corrected chi connectivity index (χ0v) is 14.2. The average molecular weight is 359 g/mol. The number of rotatable bonds is 5. The van der Waals surface area contributed by atoms with Crippen LogP contribution in [-0.4, -0.2) is 29.1 Å². The summed E-state index contributed by atoms with van der Waals surface area (Å²) in [5.41, 5.74) is 8.60. The number of nitrogens with one attached hydrogen (secondary N) is 2. The molecule has 3 aliphatic rings. The first kappa shape index (κ1) is 16.7. The summed E-state index contributed by atoms with van der Waals surface area (Å²) in [5, 5.41) is 12.7. The largest absolute Gasteiger partial charge is 0.481 e. The number of benzene rings is 1. The van der Waals surface area contributed by atoms with Crippen LogP contribution in [0.15, 0.2) is 43.1 Å². The summed E-state index contributed by atoms with van der Waals surface area (Å²) < 4.78 is 0. The van der Waals surface area contributed by atoms with Gasteiger partial charge in [0.05, 0.1) is 29.7 Å². The fraction of sp³-hybridized carbons (Fsp3) is 0.353. The highest BCUT2D eigenvalue weighted by molar-refractivity contribution is 5.70. The van der Waals surface area contributed by atoms with Crippen molar-refractivity contribution in [2.75, 3.05) is 23.1 Å². The highest BCUT2D eigenvalue weighted by atomic mass is 16.7. The van der Waals surface area contributed by atoms with Crippen LogP contribution in [0.5, 0.6) is 0 Å². The van der Waals surface area contributed by atoms with Gasteiger partial charge in [0.2, 0.25) is 0 Å². The molecule has 26 heavy (non-hydrogen) atoms. The number of piperidine rings is 1. The van der Waals surface area contributed by atoms with Crippen LogP contribution < -0.4 is 21.2 Å². The molecule has 0 radical (unpaired) electrons. The van der Waals surface area contributed by atoms with E-state index in [9.17, 15) is 4.79 Å². The number of anilines is 2. The minimum atomic E-state index is -0.688. The number of hydrogen-bond donors (Lipinski definition) is 3. The van der Waals surface area contributed by atoms with Crippen LogP contribution in [0.3, 0.4) is 0 Å². The molecule has 1 aromatic carbocycles. The topological polar surface area (TPSA) is 89.5 Å². The van der Waals surface area contributed by atoms with Gasteiger partial charge in [-0.25, -0.2) is 10.0 Å². The monoisotopic (exact) mass is 359 g/mol. The van der Waals surface area contributed by atoms with Gasteiger partial charge in [-0.2, -0.15) is 0 Å². The molecule has 1 saturated heterocycles. The van der Waals surface area contributed by atoms with E-state index in [0.717, 1.165) is 36.6 Å². The molecule has 0 saturated carbocycles. The van der Waals surface area contributed by atoms with E-state index in [4.69, 9.17) is 14.8 Å². The maximum absolute atomic E-state index is 11.1. The molecule has 0 bridgehead atoms. The highest BCUT2D eigenvalue weighted by Gasteiger charge is 2.25. The second-order valence-electron chi connectivity index (χ2n) is 6.43. The predicted molar refractivity (Wildman–Crippen MR) is 93.8 cm³/mol. The van der Waals surface area contributed by atoms with E-state index in [1.54, 1.807) is 23.7 Å². The van der Waals surface area contributed by atoms with Crippen molar-refractivity contribution in [1.29, 1.82) is 0 Å². The van der Waals surface area contributed by atoms with Crippen LogP contribution in [0.1, 0.15) is 18.4 Å². The van der Waals surface area contributed by atoms with Gasteiger partial charge in [0.25, 0.3) is 0 Å². The second kappa shape index (κ2) is 7.24. The molecule has 0 aromatic heterocycles. The van der Waals surface area contributed by atoms with Crippen molar-refractivity contribution < 1.29 is 19.6 Å². The minimum absolute atomic E-state index is 0.224. The molecule has 1 aromatic rings. The van der Waals surface area contributed by atoms with Crippen LogP contribution in [-0.2, 0) is 21.0 Å². The highest BCUT2D eigenvalue weighted by Crippen LogP contribution is 2.30. The van der Waals surface area contributed by atoms with Gasteiger partial charge in [0, 0.05) is 6.54 Å². The Kier molecular flexibility index (Phi) is 4.65. The number of aliphatic carboxylic acids is 1. The van der Waals surface area contributed by atoms with Crippen molar-refractivity contribution in [2.45, 2.75) is 19.4 Å². The second-order valence-corrected chi connectivity index (χ2v) is 6.43. The summed E-state index contributed by atoms with van der Waals surface area (Å²) in [6.45, 7) is 2.30. The summed E-state index contributed by atoms with van der Waals surface area (Å²) in [6, 6.07) is 6.10. The van der Waals surface area contributed by atoms with E-state index >= 15 is 0 Å². The third kappa shape index (κ3) is 3.45. The lowest BCUT2D eigenvalue weighted by Gasteiger charge is -2.31. The number of likely N-dealkylation sites (tertiary alicyclic amines) is 1. The standard InChI is InChI=1S/C17H21N5O4/c23-17(24)13-3-5-20(6-4-13)12-14-1-2-15(21-7-9-25-18-21)11-16(14)22-8-10-26-19-22/h1-2,7-11,13,18-19H,3-6,12H2,(H,23,24). The molecule has 0 amide bonds. The first-order chi connectivity index (χ1) is 12.7. The van der Waals surface area contributed by atoms with Gasteiger partial charge in [-0.1, -0.05) is 17.2 Å². The van der Waals surface area contributed by atoms with E-state index in [-0.39, 0.29) is 5.92 Å². The fourth-order valence-electron chi connectivity index (χ4n) is 3.33. The summed E-state index contributed by atoms with van der Waals surface area (Å²) in [4.78, 5) is 23.6. The van der Waals surface area contributed by atoms with Gasteiger partial charge in [0.15, 0.2) is 0 Å². The average Bonchev–Trinajstić information content (AvgIpc) is 3.36. The molecule has 138 valence electrons. The molecule has 0 spiro atoms. The zero-order valence-electron chi connectivity index (χ0n) is 14.2. The van der Waals surface area contributed by atoms with E-state index in [1.165, 1.54) is 0 Å². The number of hydrogen-bond acceptors (Lipinski definition) is 8. The molecule has 3 heterocycles. The quantitative estimate of drug-likeness (QED) is 0.722. The maximum Gasteiger partial charge on any atom is 0.306 e. The van der Waals surface area contributed by atoms with Crippen molar-refractivity contribution in [3.8, 4) is 0 Å². The summed E-state index contributed by atoms with van der Waals surface area (Å²) in [5.74, 6) is -0.913. The summed E-state index contributed by atoms with van der Waals surface area (Å²) in [6.07, 6.45) is 8.12. The van der Waals surface area contributed by atoms with Gasteiger partial charge in [-0.15, -0.1) is 0 Å². The molecular formula is C17H21N5O4. The van der Waals surface area contributed by atoms with Crippen molar-refractivity contribution >= 4 is 17.3 Å². The normalized spacial score (nSPS) is 20.5. The third-order valence-corrected chi connectivity index (χ3v) is 4.80. The lowest BCUT2D eigenvalue weighted by atomic mass is 9.96. The molecule has 0 atom stereocenters. The molecule has 3 N–H and O–H groups in total. The first-order valence-corrected chi connectivity index (χ1v) is 8.53. The number of hydrazine groups is 2. The van der Waals surface area contributed by atoms with Gasteiger partial charge in [-0.05, 0) is 43.6 Å². The molecular weight excluding hydrogens is 338 g/mol. The molecule has 9 heteroatoms. The Morgan fingerprint density at radius 3 is 2.42 bits per heavy atom. The van der Waals surface area contributed by atoms with Gasteiger partial charge in [0.1, 0.15) is 12.5 Å². The van der Waals surface area contributed by atoms with Crippen molar-refractivity contribution in [3.63, 3.8) is 0 Å². The zero-order chi connectivity index (χ0) is 17.9. The predicted octanol–water partition coefficient (Wildman–Crippen LogP) is 1.44. The number of carbonyl (C=O) groups is 1. The lowest BCUT2D eigenvalue weighted by Crippen LogP contribution is -2.36. The Labute approximate surface area is 150 Å². The lowest BCUT2D eigenvalue weighted by molar-refractivity contribution is -0.143. The van der Waals surface area contributed by atoms with Crippen molar-refractivity contribution in [2.24, 2.45) is 5.92 Å². The first-order valence-electron chi connectivity index (χ1n) is 8.53. The van der Waals surface area contributed by atoms with Gasteiger partial charge in [-0.3, -0.25) is 9.69 Å². The van der Waals surface area contributed by atoms with Gasteiger partial charge < -0.3 is 14.8 Å². The molecule has 3 aliphatic heterocycles. The fourth-order valence-corrected chi connectivity index (χ4v) is 3.33. The Bertz CT molecular complexity index is 730. The molecule has 4 rings (SSSR count). The molecule has 9 nitrogen and oxygen atoms in total. The van der Waals surface area contributed by atoms with Crippen molar-refractivity contribution in [3.05, 3.63) is 48.7 Å². The van der Waals surface area contributed by atoms with Crippen molar-refractivity contribution in [1.82, 2.24) is 16.1 Å². The SMILES string of the molecule is O=C(O)C1CCN(Cc2ccc(N3C=CON3)cc2N2C=CON2)CC1. The van der Waals surface area contributed by atoms with Crippen LogP contribution in [0.4, 0.5) is 11.4 Å². The Balaban J connectivity index is 1.52. The Morgan fingerprint density at radius 1 is 1.12 bits per heavy atom. The van der Waals surface area contributed by atoms with Crippen LogP contribution in [0.25, 0.3) is 0 Å². The molecule has 0 unspecified atom stereocenters. The van der Waals surface area contributed by atoms with E-state index < -0.39 is 5.97 Å². The van der Waals surface area contributed by atoms with Crippen LogP contribution in [0.2, 0.25) is 0 Å². The van der Waals surface area contributed by atoms with E-state index in [1.807, 2.05) is 23.3 Å². The number of nitrogens with zero attached hydrogens (tertiary/aromatic N) is 3. The van der Waals surface area contributed by atoms with Gasteiger partial charge >= 0.3 is 5.97 Å². The number of carboxylic acid groups (broad SMARTS) is 1. The Hall–Kier alpha value is -2.75. The maximum atomic E-state index is 11.1. The third-order valence-electron chi connectivity index (χ3n) is 4.80. The van der Waals surface area contributed by atoms with Crippen LogP contribution >= 0.6 is 0 Å². The van der Waals surface area contributed by atoms with E-state index in [2.05, 4.69) is 22.1 Å². The summed E-state index contributed by atoms with van der Waals surface area (Å²) in [7, 11) is 0. The molecule has 0 aliphatic carbocycles. The van der Waals surface area contributed by atoms with E-state index in [0.29, 0.717) is 12.8 Å². The Morgan fingerprint density at radius 2 is 1.81 bits per heavy atom. The smallest absolute Gasteiger partial charge is 0.306 e. The minimum Gasteiger partial charge on any atom is -0.481 e. The number of carboxylic acids is 1.